The van der Waals surface area contributed by atoms with Crippen molar-refractivity contribution in [2.45, 2.75) is 25.9 Å². The van der Waals surface area contributed by atoms with Crippen molar-refractivity contribution in [3.8, 4) is 0 Å². The van der Waals surface area contributed by atoms with Crippen molar-refractivity contribution in [1.82, 2.24) is 4.98 Å². The Hall–Kier alpha value is -1.01. The molecule has 0 atom stereocenters. The number of ether oxygens (including phenoxy) is 1. The van der Waals surface area contributed by atoms with Gasteiger partial charge in [0.05, 0.1) is 10.6 Å². The largest absolute Gasteiger partial charge is 0.417 e. The Morgan fingerprint density at radius 2 is 2.05 bits per heavy atom. The van der Waals surface area contributed by atoms with E-state index < -0.39 is 11.7 Å². The average molecular weight is 309 g/mol. The van der Waals surface area contributed by atoms with E-state index in [-0.39, 0.29) is 16.3 Å². The lowest BCUT2D eigenvalue weighted by Crippen LogP contribution is -2.33. The highest BCUT2D eigenvalue weighted by molar-refractivity contribution is 6.32. The van der Waals surface area contributed by atoms with Crippen LogP contribution >= 0.6 is 11.6 Å². The second-order valence-electron chi connectivity index (χ2n) is 5.33. The van der Waals surface area contributed by atoms with Crippen LogP contribution in [-0.2, 0) is 10.9 Å². The molecule has 0 amide bonds. The highest BCUT2D eigenvalue weighted by atomic mass is 35.5. The van der Waals surface area contributed by atoms with Gasteiger partial charge in [-0.3, -0.25) is 0 Å². The fourth-order valence-electron chi connectivity index (χ4n) is 2.06. The predicted molar refractivity (Wildman–Crippen MR) is 70.9 cm³/mol. The number of aromatic nitrogens is 1. The first-order chi connectivity index (χ1) is 9.30. The zero-order valence-corrected chi connectivity index (χ0v) is 11.8. The molecule has 0 aliphatic carbocycles. The number of hydrogen-bond acceptors (Lipinski definition) is 3. The molecular weight excluding hydrogens is 293 g/mol. The van der Waals surface area contributed by atoms with E-state index in [0.29, 0.717) is 19.8 Å². The molecular formula is C13H16ClF3N2O. The van der Waals surface area contributed by atoms with Gasteiger partial charge in [-0.25, -0.2) is 4.98 Å². The Balaban J connectivity index is 2.03. The van der Waals surface area contributed by atoms with Crippen LogP contribution < -0.4 is 5.32 Å². The van der Waals surface area contributed by atoms with E-state index in [9.17, 15) is 13.2 Å². The van der Waals surface area contributed by atoms with Crippen LogP contribution in [0.1, 0.15) is 25.3 Å². The minimum absolute atomic E-state index is 0.0181. The van der Waals surface area contributed by atoms with Gasteiger partial charge >= 0.3 is 6.18 Å². The van der Waals surface area contributed by atoms with Gasteiger partial charge in [0.1, 0.15) is 5.82 Å². The van der Waals surface area contributed by atoms with Gasteiger partial charge in [-0.05, 0) is 24.3 Å². The first-order valence-electron chi connectivity index (χ1n) is 6.35. The third-order valence-corrected chi connectivity index (χ3v) is 3.84. The Bertz CT molecular complexity index is 473. The van der Waals surface area contributed by atoms with Crippen molar-refractivity contribution >= 4 is 17.4 Å². The lowest BCUT2D eigenvalue weighted by molar-refractivity contribution is -0.137. The van der Waals surface area contributed by atoms with Gasteiger partial charge in [0.2, 0.25) is 0 Å². The molecule has 0 radical (unpaired) electrons. The van der Waals surface area contributed by atoms with E-state index in [4.69, 9.17) is 16.3 Å². The van der Waals surface area contributed by atoms with Crippen molar-refractivity contribution in [2.75, 3.05) is 25.1 Å². The minimum Gasteiger partial charge on any atom is -0.381 e. The monoisotopic (exact) mass is 308 g/mol. The molecule has 1 saturated heterocycles. The number of pyridine rings is 1. The number of anilines is 1. The standard InChI is InChI=1S/C13H16ClF3N2O/c1-12(2-4-20-5-3-12)8-19-11-10(14)6-9(7-18-11)13(15,16)17/h6-7H,2-5,8H2,1H3,(H,18,19). The Kier molecular flexibility index (Phi) is 4.44. The lowest BCUT2D eigenvalue weighted by atomic mass is 9.82. The van der Waals surface area contributed by atoms with Gasteiger partial charge in [-0.1, -0.05) is 18.5 Å². The molecule has 20 heavy (non-hydrogen) atoms. The molecule has 0 spiro atoms. The van der Waals surface area contributed by atoms with E-state index >= 15 is 0 Å². The number of rotatable bonds is 3. The second kappa shape index (κ2) is 5.77. The summed E-state index contributed by atoms with van der Waals surface area (Å²) < 4.78 is 42.8. The zero-order chi connectivity index (χ0) is 14.8. The molecule has 0 saturated carbocycles. The van der Waals surface area contributed by atoms with Gasteiger partial charge in [0, 0.05) is 26.0 Å². The molecule has 0 bridgehead atoms. The first kappa shape index (κ1) is 15.4. The number of nitrogens with zero attached hydrogens (tertiary/aromatic N) is 1. The highest BCUT2D eigenvalue weighted by Crippen LogP contribution is 2.34. The molecule has 1 aromatic rings. The smallest absolute Gasteiger partial charge is 0.381 e. The molecule has 3 nitrogen and oxygen atoms in total. The van der Waals surface area contributed by atoms with E-state index in [1.165, 1.54) is 0 Å². The Morgan fingerprint density at radius 3 is 2.60 bits per heavy atom. The molecule has 1 N–H and O–H groups in total. The summed E-state index contributed by atoms with van der Waals surface area (Å²) in [5, 5.41) is 3.02. The summed E-state index contributed by atoms with van der Waals surface area (Å²) in [5.41, 5.74) is -0.795. The number of nitrogens with one attached hydrogen (secondary N) is 1. The SMILES string of the molecule is CC1(CNc2ncc(C(F)(F)F)cc2Cl)CCOCC1. The zero-order valence-electron chi connectivity index (χ0n) is 11.1. The van der Waals surface area contributed by atoms with Crippen LogP contribution in [0.25, 0.3) is 0 Å². The van der Waals surface area contributed by atoms with Crippen LogP contribution in [0.2, 0.25) is 5.02 Å². The Labute approximate surface area is 120 Å². The van der Waals surface area contributed by atoms with Gasteiger partial charge in [0.15, 0.2) is 0 Å². The minimum atomic E-state index is -4.43. The first-order valence-corrected chi connectivity index (χ1v) is 6.72. The number of halogens is 4. The van der Waals surface area contributed by atoms with Gasteiger partial charge < -0.3 is 10.1 Å². The summed E-state index contributed by atoms with van der Waals surface area (Å²) in [5.74, 6) is 0.285. The summed E-state index contributed by atoms with van der Waals surface area (Å²) >= 11 is 5.85. The molecule has 112 valence electrons. The van der Waals surface area contributed by atoms with Crippen molar-refractivity contribution in [3.05, 3.63) is 22.8 Å². The third-order valence-electron chi connectivity index (χ3n) is 3.55. The van der Waals surface area contributed by atoms with E-state index in [0.717, 1.165) is 25.1 Å². The van der Waals surface area contributed by atoms with Gasteiger partial charge in [-0.2, -0.15) is 13.2 Å². The fraction of sp³-hybridized carbons (Fsp3) is 0.615. The van der Waals surface area contributed by atoms with Crippen LogP contribution in [-0.4, -0.2) is 24.7 Å². The van der Waals surface area contributed by atoms with E-state index in [1.54, 1.807) is 0 Å². The summed E-state index contributed by atoms with van der Waals surface area (Å²) in [6, 6.07) is 0.892. The molecule has 1 fully saturated rings. The summed E-state index contributed by atoms with van der Waals surface area (Å²) in [6.07, 6.45) is -1.83. The topological polar surface area (TPSA) is 34.2 Å². The van der Waals surface area contributed by atoms with E-state index in [1.807, 2.05) is 0 Å². The molecule has 1 aliphatic heterocycles. The molecule has 7 heteroatoms. The quantitative estimate of drug-likeness (QED) is 0.917. The van der Waals surface area contributed by atoms with Crippen molar-refractivity contribution < 1.29 is 17.9 Å². The van der Waals surface area contributed by atoms with Crippen molar-refractivity contribution in [1.29, 1.82) is 0 Å². The maximum Gasteiger partial charge on any atom is 0.417 e. The normalized spacial score (nSPS) is 18.9. The third kappa shape index (κ3) is 3.76. The molecule has 0 unspecified atom stereocenters. The van der Waals surface area contributed by atoms with Crippen LogP contribution in [0.3, 0.4) is 0 Å². The highest BCUT2D eigenvalue weighted by Gasteiger charge is 2.32. The summed E-state index contributed by atoms with van der Waals surface area (Å²) in [7, 11) is 0. The van der Waals surface area contributed by atoms with Crippen LogP contribution in [0.5, 0.6) is 0 Å². The van der Waals surface area contributed by atoms with Crippen molar-refractivity contribution in [2.24, 2.45) is 5.41 Å². The fourth-order valence-corrected chi connectivity index (χ4v) is 2.29. The van der Waals surface area contributed by atoms with Gasteiger partial charge in [0.25, 0.3) is 0 Å². The second-order valence-corrected chi connectivity index (χ2v) is 5.74. The maximum atomic E-state index is 12.5. The molecule has 2 heterocycles. The number of alkyl halides is 3. The molecule has 1 aromatic heterocycles. The lowest BCUT2D eigenvalue weighted by Gasteiger charge is -2.33. The predicted octanol–water partition coefficient (Wildman–Crippen LogP) is 3.98. The van der Waals surface area contributed by atoms with Crippen molar-refractivity contribution in [3.63, 3.8) is 0 Å². The van der Waals surface area contributed by atoms with Crippen LogP contribution in [0.15, 0.2) is 12.3 Å². The maximum absolute atomic E-state index is 12.5. The van der Waals surface area contributed by atoms with Gasteiger partial charge in [-0.15, -0.1) is 0 Å². The molecule has 1 aliphatic rings. The Morgan fingerprint density at radius 1 is 1.40 bits per heavy atom. The molecule has 2 rings (SSSR count). The number of hydrogen-bond donors (Lipinski definition) is 1. The van der Waals surface area contributed by atoms with Crippen LogP contribution in [0.4, 0.5) is 19.0 Å². The summed E-state index contributed by atoms with van der Waals surface area (Å²) in [6.45, 7) is 4.12. The van der Waals surface area contributed by atoms with E-state index in [2.05, 4.69) is 17.2 Å². The summed E-state index contributed by atoms with van der Waals surface area (Å²) in [4.78, 5) is 3.77. The van der Waals surface area contributed by atoms with Crippen LogP contribution in [0, 0.1) is 5.41 Å². The molecule has 0 aromatic carbocycles. The average Bonchev–Trinajstić information content (AvgIpc) is 2.37.